The molecule has 2 aromatic rings. The summed E-state index contributed by atoms with van der Waals surface area (Å²) in [5, 5.41) is 3.62. The molecule has 1 atom stereocenters. The third-order valence-electron chi connectivity index (χ3n) is 5.98. The maximum absolute atomic E-state index is 14.1. The largest absolute Gasteiger partial charge is 0.496 e. The van der Waals surface area contributed by atoms with Crippen molar-refractivity contribution in [1.82, 2.24) is 5.32 Å². The number of ether oxygens (including phenoxy) is 2. The molecular weight excluding hydrogens is 425 g/mol. The fraction of sp³-hybridized carbons (Fsp3) is 0.346. The molecule has 0 bridgehead atoms. The average molecular weight is 454 g/mol. The lowest BCUT2D eigenvalue weighted by Gasteiger charge is -2.45. The second kappa shape index (κ2) is 8.24. The zero-order valence-electron chi connectivity index (χ0n) is 19.0. The van der Waals surface area contributed by atoms with Gasteiger partial charge in [0.05, 0.1) is 12.5 Å². The molecule has 0 radical (unpaired) electrons. The minimum atomic E-state index is -0.807. The quantitative estimate of drug-likeness (QED) is 0.578. The highest BCUT2D eigenvalue weighted by Gasteiger charge is 2.45. The smallest absolute Gasteiger partial charge is 0.348 e. The van der Waals surface area contributed by atoms with Gasteiger partial charge in [-0.05, 0) is 64.0 Å². The lowest BCUT2D eigenvalue weighted by atomic mass is 9.66. The molecule has 0 fully saturated rings. The number of hydrogen-bond donors (Lipinski definition) is 1. The normalized spacial score (nSPS) is 21.5. The topological polar surface area (TPSA) is 47.6 Å². The van der Waals surface area contributed by atoms with Crippen LogP contribution < -0.4 is 10.1 Å². The van der Waals surface area contributed by atoms with E-state index in [1.165, 1.54) is 36.2 Å². The monoisotopic (exact) mass is 453 g/mol. The van der Waals surface area contributed by atoms with Crippen LogP contribution in [0.25, 0.3) is 0 Å². The van der Waals surface area contributed by atoms with Crippen LogP contribution in [0.15, 0.2) is 65.4 Å². The van der Waals surface area contributed by atoms with Crippen LogP contribution in [-0.4, -0.2) is 25.2 Å². The van der Waals surface area contributed by atoms with Gasteiger partial charge in [-0.25, -0.2) is 9.18 Å². The van der Waals surface area contributed by atoms with Crippen molar-refractivity contribution in [3.63, 3.8) is 0 Å². The van der Waals surface area contributed by atoms with Crippen LogP contribution in [0.4, 0.5) is 4.39 Å². The molecule has 1 aliphatic heterocycles. The summed E-state index contributed by atoms with van der Waals surface area (Å²) in [6.07, 6.45) is 6.86. The van der Waals surface area contributed by atoms with E-state index in [0.717, 1.165) is 28.1 Å². The van der Waals surface area contributed by atoms with Gasteiger partial charge in [-0.15, -0.1) is 11.3 Å². The zero-order valence-corrected chi connectivity index (χ0v) is 19.9. The molecule has 1 N–H and O–H groups in total. The number of nitrogens with one attached hydrogen (secondary N) is 1. The molecule has 0 spiro atoms. The lowest BCUT2D eigenvalue weighted by molar-refractivity contribution is 0.0459. The summed E-state index contributed by atoms with van der Waals surface area (Å²) in [5.41, 5.74) is 3.07. The maximum atomic E-state index is 14.1. The summed E-state index contributed by atoms with van der Waals surface area (Å²) >= 11 is 1.41. The SMILES string of the molecule is COc1cc(F)ccc1C1(COC(=O)c2ccc(C)s2)C=CC=C2NC(C)(C)CC(C)=C21. The second-order valence-corrected chi connectivity index (χ2v) is 10.4. The summed E-state index contributed by atoms with van der Waals surface area (Å²) in [5.74, 6) is -0.324. The maximum Gasteiger partial charge on any atom is 0.348 e. The van der Waals surface area contributed by atoms with Crippen LogP contribution in [0.2, 0.25) is 0 Å². The van der Waals surface area contributed by atoms with E-state index in [9.17, 15) is 9.18 Å². The Labute approximate surface area is 192 Å². The Kier molecular flexibility index (Phi) is 5.76. The van der Waals surface area contributed by atoms with Crippen molar-refractivity contribution in [2.45, 2.75) is 45.1 Å². The van der Waals surface area contributed by atoms with E-state index < -0.39 is 5.41 Å². The summed E-state index contributed by atoms with van der Waals surface area (Å²) in [6, 6.07) is 8.21. The number of aryl methyl sites for hydroxylation is 1. The molecule has 2 heterocycles. The predicted octanol–water partition coefficient (Wildman–Crippen LogP) is 5.84. The Hall–Kier alpha value is -2.86. The van der Waals surface area contributed by atoms with E-state index >= 15 is 0 Å². The first-order chi connectivity index (χ1) is 15.1. The molecule has 1 aromatic heterocycles. The molecule has 0 amide bonds. The number of rotatable bonds is 5. The molecule has 1 aromatic carbocycles. The lowest BCUT2D eigenvalue weighted by Crippen LogP contribution is -2.48. The van der Waals surface area contributed by atoms with E-state index in [0.29, 0.717) is 10.6 Å². The molecular formula is C26H28FNO3S. The molecule has 2 aliphatic rings. The molecule has 1 aliphatic carbocycles. The van der Waals surface area contributed by atoms with Crippen molar-refractivity contribution in [2.75, 3.05) is 13.7 Å². The number of methoxy groups -OCH3 is 1. The second-order valence-electron chi connectivity index (χ2n) is 9.08. The van der Waals surface area contributed by atoms with Gasteiger partial charge in [-0.3, -0.25) is 0 Å². The van der Waals surface area contributed by atoms with Crippen LogP contribution in [-0.2, 0) is 10.2 Å². The number of carbonyl (C=O) groups excluding carboxylic acids is 1. The summed E-state index contributed by atoms with van der Waals surface area (Å²) in [6.45, 7) is 8.46. The molecule has 32 heavy (non-hydrogen) atoms. The van der Waals surface area contributed by atoms with Gasteiger partial charge in [-0.2, -0.15) is 0 Å². The fourth-order valence-corrected chi connectivity index (χ4v) is 5.60. The van der Waals surface area contributed by atoms with Crippen LogP contribution in [0.3, 0.4) is 0 Å². The number of esters is 1. The van der Waals surface area contributed by atoms with Gasteiger partial charge in [0.2, 0.25) is 0 Å². The Bertz CT molecular complexity index is 1160. The number of halogens is 1. The highest BCUT2D eigenvalue weighted by molar-refractivity contribution is 7.13. The zero-order chi connectivity index (χ0) is 23.1. The predicted molar refractivity (Wildman–Crippen MR) is 126 cm³/mol. The number of hydrogen-bond acceptors (Lipinski definition) is 5. The van der Waals surface area contributed by atoms with E-state index in [1.54, 1.807) is 12.1 Å². The van der Waals surface area contributed by atoms with Gasteiger partial charge in [0.1, 0.15) is 23.1 Å². The van der Waals surface area contributed by atoms with Crippen molar-refractivity contribution in [3.8, 4) is 5.75 Å². The Balaban J connectivity index is 1.84. The summed E-state index contributed by atoms with van der Waals surface area (Å²) in [4.78, 5) is 14.5. The average Bonchev–Trinajstić information content (AvgIpc) is 3.17. The Morgan fingerprint density at radius 3 is 2.69 bits per heavy atom. The molecule has 0 saturated heterocycles. The van der Waals surface area contributed by atoms with Gasteiger partial charge in [0.15, 0.2) is 0 Å². The van der Waals surface area contributed by atoms with E-state index in [2.05, 4.69) is 26.1 Å². The van der Waals surface area contributed by atoms with Crippen molar-refractivity contribution in [1.29, 1.82) is 0 Å². The minimum Gasteiger partial charge on any atom is -0.496 e. The van der Waals surface area contributed by atoms with E-state index in [-0.39, 0.29) is 23.9 Å². The number of benzene rings is 1. The number of thiophene rings is 1. The molecule has 0 saturated carbocycles. The van der Waals surface area contributed by atoms with Crippen molar-refractivity contribution in [2.24, 2.45) is 0 Å². The van der Waals surface area contributed by atoms with Crippen LogP contribution in [0, 0.1) is 12.7 Å². The van der Waals surface area contributed by atoms with E-state index in [4.69, 9.17) is 9.47 Å². The first kappa shape index (κ1) is 22.3. The molecule has 4 rings (SSSR count). The molecule has 6 heteroatoms. The van der Waals surface area contributed by atoms with Gasteiger partial charge in [0, 0.05) is 27.7 Å². The van der Waals surface area contributed by atoms with Crippen molar-refractivity contribution in [3.05, 3.63) is 86.5 Å². The minimum absolute atomic E-state index is 0.0768. The van der Waals surface area contributed by atoms with E-state index in [1.807, 2.05) is 31.2 Å². The van der Waals surface area contributed by atoms with Crippen molar-refractivity contribution >= 4 is 17.3 Å². The van der Waals surface area contributed by atoms with Crippen LogP contribution in [0.5, 0.6) is 5.75 Å². The third-order valence-corrected chi connectivity index (χ3v) is 6.96. The number of carbonyl (C=O) groups is 1. The first-order valence-electron chi connectivity index (χ1n) is 10.6. The molecule has 168 valence electrons. The van der Waals surface area contributed by atoms with Crippen LogP contribution in [0.1, 0.15) is 47.3 Å². The highest BCUT2D eigenvalue weighted by Crippen LogP contribution is 2.48. The Morgan fingerprint density at radius 1 is 1.22 bits per heavy atom. The van der Waals surface area contributed by atoms with Gasteiger partial charge in [-0.1, -0.05) is 23.8 Å². The standard InChI is InChI=1S/C26H28FNO3S/c1-16-14-25(3,4)28-20-7-6-12-26(23(16)20,19-10-9-18(27)13-21(19)30-5)15-31-24(29)22-11-8-17(2)32-22/h6-13,28H,14-15H2,1-5H3. The Morgan fingerprint density at radius 2 is 2.00 bits per heavy atom. The third kappa shape index (κ3) is 3.99. The highest BCUT2D eigenvalue weighted by atomic mass is 32.1. The molecule has 1 unspecified atom stereocenters. The number of fused-ring (bicyclic) bond motifs is 1. The number of allylic oxidation sites excluding steroid dienone is 3. The van der Waals surface area contributed by atoms with Gasteiger partial charge >= 0.3 is 5.97 Å². The summed E-state index contributed by atoms with van der Waals surface area (Å²) < 4.78 is 25.5. The van der Waals surface area contributed by atoms with Gasteiger partial charge in [0.25, 0.3) is 0 Å². The summed E-state index contributed by atoms with van der Waals surface area (Å²) in [7, 11) is 1.53. The van der Waals surface area contributed by atoms with Gasteiger partial charge < -0.3 is 14.8 Å². The fourth-order valence-electron chi connectivity index (χ4n) is 4.84. The van der Waals surface area contributed by atoms with Crippen LogP contribution >= 0.6 is 11.3 Å². The van der Waals surface area contributed by atoms with Crippen molar-refractivity contribution < 1.29 is 18.7 Å². The first-order valence-corrected chi connectivity index (χ1v) is 11.4. The molecule has 4 nitrogen and oxygen atoms in total.